The number of thiophene rings is 1. The van der Waals surface area contributed by atoms with Gasteiger partial charge in [0.2, 0.25) is 0 Å². The van der Waals surface area contributed by atoms with Gasteiger partial charge in [-0.25, -0.2) is 17.9 Å². The molecule has 2 aromatic rings. The van der Waals surface area contributed by atoms with Crippen LogP contribution in [0.2, 0.25) is 0 Å². The number of rotatable bonds is 4. The molecule has 1 aromatic heterocycles. The number of benzene rings is 1. The van der Waals surface area contributed by atoms with E-state index < -0.39 is 16.1 Å². The van der Waals surface area contributed by atoms with Gasteiger partial charge in [-0.05, 0) is 42.1 Å². The van der Waals surface area contributed by atoms with Crippen LogP contribution in [0.4, 0.5) is 10.5 Å². The maximum absolute atomic E-state index is 11.9. The maximum atomic E-state index is 11.9. The van der Waals surface area contributed by atoms with Crippen LogP contribution in [0, 0.1) is 6.92 Å². The predicted molar refractivity (Wildman–Crippen MR) is 81.4 cm³/mol. The number of amides is 2. The van der Waals surface area contributed by atoms with E-state index in [1.807, 2.05) is 4.72 Å². The second kappa shape index (κ2) is 6.15. The fraction of sp³-hybridized carbons (Fsp3) is 0.154. The van der Waals surface area contributed by atoms with Crippen molar-refractivity contribution in [3.05, 3.63) is 40.6 Å². The van der Waals surface area contributed by atoms with Crippen LogP contribution in [0.25, 0.3) is 0 Å². The summed E-state index contributed by atoms with van der Waals surface area (Å²) in [4.78, 5) is 11.9. The summed E-state index contributed by atoms with van der Waals surface area (Å²) in [6, 6.07) is 5.68. The molecule has 2 amide bonds. The van der Waals surface area contributed by atoms with Crippen molar-refractivity contribution in [1.82, 2.24) is 4.72 Å². The molecule has 0 atom stereocenters. The smallest absolute Gasteiger partial charge is 0.333 e. The van der Waals surface area contributed by atoms with Crippen molar-refractivity contribution in [3.8, 4) is 5.75 Å². The Hall–Kier alpha value is -2.06. The molecule has 1 aromatic carbocycles. The lowest BCUT2D eigenvalue weighted by Crippen LogP contribution is -2.34. The second-order valence-electron chi connectivity index (χ2n) is 4.20. The van der Waals surface area contributed by atoms with Gasteiger partial charge in [-0.1, -0.05) is 0 Å². The van der Waals surface area contributed by atoms with Gasteiger partial charge in [0.05, 0.1) is 12.0 Å². The predicted octanol–water partition coefficient (Wildman–Crippen LogP) is 2.58. The summed E-state index contributed by atoms with van der Waals surface area (Å²) >= 11 is 1.24. The van der Waals surface area contributed by atoms with Crippen LogP contribution < -0.4 is 14.8 Å². The lowest BCUT2D eigenvalue weighted by atomic mass is 10.2. The molecule has 6 nitrogen and oxygen atoms in total. The average molecular weight is 326 g/mol. The number of hydrogen-bond donors (Lipinski definition) is 2. The van der Waals surface area contributed by atoms with Crippen molar-refractivity contribution in [1.29, 1.82) is 0 Å². The fourth-order valence-electron chi connectivity index (χ4n) is 1.64. The largest absolute Gasteiger partial charge is 0.497 e. The lowest BCUT2D eigenvalue weighted by molar-refractivity contribution is 0.256. The van der Waals surface area contributed by atoms with E-state index in [9.17, 15) is 13.2 Å². The van der Waals surface area contributed by atoms with E-state index in [0.29, 0.717) is 11.4 Å². The summed E-state index contributed by atoms with van der Waals surface area (Å²) in [6.45, 7) is 1.78. The van der Waals surface area contributed by atoms with Crippen LogP contribution in [-0.2, 0) is 10.0 Å². The van der Waals surface area contributed by atoms with E-state index in [2.05, 4.69) is 5.32 Å². The van der Waals surface area contributed by atoms with Gasteiger partial charge in [0.15, 0.2) is 0 Å². The molecule has 0 radical (unpaired) electrons. The molecule has 0 unspecified atom stereocenters. The number of hydrogen-bond acceptors (Lipinski definition) is 5. The Labute approximate surface area is 126 Å². The summed E-state index contributed by atoms with van der Waals surface area (Å²) in [5, 5.41) is 5.58. The minimum absolute atomic E-state index is 0.0640. The van der Waals surface area contributed by atoms with Crippen LogP contribution in [0.1, 0.15) is 5.56 Å². The Bertz CT molecular complexity index is 740. The Kier molecular flexibility index (Phi) is 4.49. The number of sulfonamides is 1. The first kappa shape index (κ1) is 15.3. The van der Waals surface area contributed by atoms with Gasteiger partial charge >= 0.3 is 6.03 Å². The van der Waals surface area contributed by atoms with Crippen molar-refractivity contribution in [3.63, 3.8) is 0 Å². The van der Waals surface area contributed by atoms with Crippen LogP contribution in [0.5, 0.6) is 5.75 Å². The summed E-state index contributed by atoms with van der Waals surface area (Å²) in [6.07, 6.45) is 0. The monoisotopic (exact) mass is 326 g/mol. The van der Waals surface area contributed by atoms with E-state index in [1.54, 1.807) is 37.6 Å². The molecule has 0 fully saturated rings. The number of methoxy groups -OCH3 is 1. The van der Waals surface area contributed by atoms with Gasteiger partial charge < -0.3 is 10.1 Å². The lowest BCUT2D eigenvalue weighted by Gasteiger charge is -2.11. The zero-order valence-corrected chi connectivity index (χ0v) is 13.0. The zero-order chi connectivity index (χ0) is 15.5. The maximum Gasteiger partial charge on any atom is 0.333 e. The minimum Gasteiger partial charge on any atom is -0.497 e. The zero-order valence-electron chi connectivity index (χ0n) is 11.4. The van der Waals surface area contributed by atoms with E-state index in [4.69, 9.17) is 4.74 Å². The normalized spacial score (nSPS) is 11.0. The first-order valence-corrected chi connectivity index (χ1v) is 8.35. The molecule has 2 N–H and O–H groups in total. The third kappa shape index (κ3) is 3.73. The molecule has 112 valence electrons. The van der Waals surface area contributed by atoms with Gasteiger partial charge in [-0.2, -0.15) is 11.3 Å². The molecule has 0 aliphatic heterocycles. The number of nitrogens with one attached hydrogen (secondary N) is 2. The standard InChI is InChI=1S/C13H14N2O4S2/c1-9-7-10(19-2)3-4-12(9)14-13(16)15-21(17,18)11-5-6-20-8-11/h3-8H,1-2H3,(H2,14,15,16). The van der Waals surface area contributed by atoms with Crippen LogP contribution in [0.3, 0.4) is 0 Å². The average Bonchev–Trinajstić information content (AvgIpc) is 2.95. The highest BCUT2D eigenvalue weighted by molar-refractivity contribution is 7.90. The van der Waals surface area contributed by atoms with E-state index >= 15 is 0 Å². The van der Waals surface area contributed by atoms with E-state index in [-0.39, 0.29) is 4.90 Å². The van der Waals surface area contributed by atoms with Gasteiger partial charge in [0.1, 0.15) is 5.75 Å². The third-order valence-corrected chi connectivity index (χ3v) is 4.88. The Morgan fingerprint density at radius 3 is 2.62 bits per heavy atom. The van der Waals surface area contributed by atoms with Gasteiger partial charge in [-0.15, -0.1) is 0 Å². The van der Waals surface area contributed by atoms with Crippen molar-refractivity contribution in [2.75, 3.05) is 12.4 Å². The molecule has 0 saturated carbocycles. The molecular formula is C13H14N2O4S2. The first-order chi connectivity index (χ1) is 9.92. The van der Waals surface area contributed by atoms with Gasteiger partial charge in [0, 0.05) is 11.1 Å². The summed E-state index contributed by atoms with van der Waals surface area (Å²) < 4.78 is 30.8. The molecule has 1 heterocycles. The third-order valence-electron chi connectivity index (χ3n) is 2.71. The van der Waals surface area contributed by atoms with E-state index in [0.717, 1.165) is 5.56 Å². The molecule has 0 spiro atoms. The molecule has 0 saturated heterocycles. The molecular weight excluding hydrogens is 312 g/mol. The summed E-state index contributed by atoms with van der Waals surface area (Å²) in [5.74, 6) is 0.657. The van der Waals surface area contributed by atoms with Crippen LogP contribution in [-0.4, -0.2) is 21.6 Å². The van der Waals surface area contributed by atoms with Crippen LogP contribution in [0.15, 0.2) is 39.9 Å². The number of carbonyl (C=O) groups is 1. The Balaban J connectivity index is 2.09. The molecule has 2 rings (SSSR count). The van der Waals surface area contributed by atoms with Crippen molar-refractivity contribution >= 4 is 33.1 Å². The van der Waals surface area contributed by atoms with Gasteiger partial charge in [0.25, 0.3) is 10.0 Å². The quantitative estimate of drug-likeness (QED) is 0.904. The summed E-state index contributed by atoms with van der Waals surface area (Å²) in [7, 11) is -2.29. The Morgan fingerprint density at radius 1 is 1.29 bits per heavy atom. The number of urea groups is 1. The topological polar surface area (TPSA) is 84.5 Å². The first-order valence-electron chi connectivity index (χ1n) is 5.93. The molecule has 0 bridgehead atoms. The second-order valence-corrected chi connectivity index (χ2v) is 6.66. The van der Waals surface area contributed by atoms with E-state index in [1.165, 1.54) is 22.8 Å². The molecule has 21 heavy (non-hydrogen) atoms. The number of ether oxygens (including phenoxy) is 1. The molecule has 8 heteroatoms. The van der Waals surface area contributed by atoms with Crippen molar-refractivity contribution in [2.45, 2.75) is 11.8 Å². The van der Waals surface area contributed by atoms with Crippen molar-refractivity contribution < 1.29 is 17.9 Å². The van der Waals surface area contributed by atoms with Crippen LogP contribution >= 0.6 is 11.3 Å². The SMILES string of the molecule is COc1ccc(NC(=O)NS(=O)(=O)c2ccsc2)c(C)c1. The fourth-order valence-corrected chi connectivity index (χ4v) is 3.57. The highest BCUT2D eigenvalue weighted by atomic mass is 32.2. The number of anilines is 1. The molecule has 0 aliphatic rings. The Morgan fingerprint density at radius 2 is 2.05 bits per heavy atom. The number of carbonyl (C=O) groups excluding carboxylic acids is 1. The number of aryl methyl sites for hydroxylation is 1. The van der Waals surface area contributed by atoms with Crippen molar-refractivity contribution in [2.24, 2.45) is 0 Å². The van der Waals surface area contributed by atoms with Gasteiger partial charge in [-0.3, -0.25) is 0 Å². The minimum atomic E-state index is -3.84. The molecule has 0 aliphatic carbocycles. The highest BCUT2D eigenvalue weighted by Crippen LogP contribution is 2.21. The highest BCUT2D eigenvalue weighted by Gasteiger charge is 2.18. The summed E-state index contributed by atoms with van der Waals surface area (Å²) in [5.41, 5.74) is 1.27.